The molecule has 1 saturated carbocycles. The first kappa shape index (κ1) is 12.5. The molecule has 0 radical (unpaired) electrons. The summed E-state index contributed by atoms with van der Waals surface area (Å²) in [5.41, 5.74) is 1.16. The van der Waals surface area contributed by atoms with E-state index in [0.29, 0.717) is 0 Å². The van der Waals surface area contributed by atoms with Gasteiger partial charge in [0, 0.05) is 4.90 Å². The van der Waals surface area contributed by atoms with Crippen molar-refractivity contribution in [3.8, 4) is 0 Å². The van der Waals surface area contributed by atoms with Crippen molar-refractivity contribution in [2.24, 2.45) is 5.92 Å². The van der Waals surface area contributed by atoms with Crippen LogP contribution in [0.3, 0.4) is 0 Å². The molecule has 2 unspecified atom stereocenters. The number of thioether (sulfide) groups is 1. The number of hydrogen-bond donors (Lipinski definition) is 1. The van der Waals surface area contributed by atoms with Gasteiger partial charge in [0.05, 0.1) is 0 Å². The van der Waals surface area contributed by atoms with Crippen LogP contribution in [0.4, 0.5) is 0 Å². The molecular weight excluding hydrogens is 232 g/mol. The summed E-state index contributed by atoms with van der Waals surface area (Å²) >= 11 is 1.54. The van der Waals surface area contributed by atoms with Gasteiger partial charge in [-0.05, 0) is 37.3 Å². The molecule has 0 heterocycles. The van der Waals surface area contributed by atoms with Gasteiger partial charge in [-0.25, -0.2) is 0 Å². The summed E-state index contributed by atoms with van der Waals surface area (Å²) in [5.74, 6) is -0.416. The smallest absolute Gasteiger partial charge is 0.320 e. The standard InChI is InChI=1S/C14H18O2S/c1-10-6-3-4-8-12(10)17-14(13(15)16)9-5-7-11(14)2/h3-4,6,8,11H,5,7,9H2,1-2H3,(H,15,16). The second-order valence-electron chi connectivity index (χ2n) is 4.86. The Morgan fingerprint density at radius 2 is 2.18 bits per heavy atom. The monoisotopic (exact) mass is 250 g/mol. The third-order valence-corrected chi connectivity index (χ3v) is 5.55. The first-order valence-electron chi connectivity index (χ1n) is 6.04. The SMILES string of the molecule is Cc1ccccc1SC1(C(=O)O)CCCC1C. The average molecular weight is 250 g/mol. The molecule has 2 atom stereocenters. The summed E-state index contributed by atoms with van der Waals surface area (Å²) in [6.07, 6.45) is 2.82. The summed E-state index contributed by atoms with van der Waals surface area (Å²) in [4.78, 5) is 12.7. The zero-order valence-electron chi connectivity index (χ0n) is 10.3. The lowest BCUT2D eigenvalue weighted by molar-refractivity contribution is -0.140. The van der Waals surface area contributed by atoms with E-state index in [0.717, 1.165) is 29.7 Å². The highest BCUT2D eigenvalue weighted by molar-refractivity contribution is 8.01. The molecule has 1 fully saturated rings. The second kappa shape index (κ2) is 4.73. The molecule has 0 spiro atoms. The van der Waals surface area contributed by atoms with Crippen LogP contribution in [0.25, 0.3) is 0 Å². The van der Waals surface area contributed by atoms with E-state index in [2.05, 4.69) is 6.92 Å². The molecule has 0 amide bonds. The van der Waals surface area contributed by atoms with E-state index in [1.807, 2.05) is 31.2 Å². The number of rotatable bonds is 3. The highest BCUT2D eigenvalue weighted by Crippen LogP contribution is 2.49. The minimum Gasteiger partial charge on any atom is -0.480 e. The number of benzene rings is 1. The van der Waals surface area contributed by atoms with Crippen molar-refractivity contribution in [1.29, 1.82) is 0 Å². The molecule has 92 valence electrons. The van der Waals surface area contributed by atoms with Crippen LogP contribution in [0.5, 0.6) is 0 Å². The molecule has 3 heteroatoms. The molecule has 0 aliphatic heterocycles. The van der Waals surface area contributed by atoms with Crippen LogP contribution in [0.15, 0.2) is 29.2 Å². The van der Waals surface area contributed by atoms with Crippen LogP contribution < -0.4 is 0 Å². The van der Waals surface area contributed by atoms with Crippen LogP contribution in [0.1, 0.15) is 31.7 Å². The van der Waals surface area contributed by atoms with Gasteiger partial charge in [0.1, 0.15) is 4.75 Å². The lowest BCUT2D eigenvalue weighted by Gasteiger charge is -2.28. The van der Waals surface area contributed by atoms with Gasteiger partial charge in [-0.3, -0.25) is 4.79 Å². The number of hydrogen-bond acceptors (Lipinski definition) is 2. The van der Waals surface area contributed by atoms with Crippen molar-refractivity contribution in [3.63, 3.8) is 0 Å². The Bertz CT molecular complexity index is 430. The summed E-state index contributed by atoms with van der Waals surface area (Å²) < 4.78 is -0.619. The summed E-state index contributed by atoms with van der Waals surface area (Å²) in [6, 6.07) is 8.03. The molecule has 1 N–H and O–H groups in total. The fourth-order valence-corrected chi connectivity index (χ4v) is 3.95. The third kappa shape index (κ3) is 2.21. The van der Waals surface area contributed by atoms with Gasteiger partial charge in [0.25, 0.3) is 0 Å². The van der Waals surface area contributed by atoms with Crippen molar-refractivity contribution < 1.29 is 9.90 Å². The maximum Gasteiger partial charge on any atom is 0.320 e. The lowest BCUT2D eigenvalue weighted by atomic mass is 9.97. The highest BCUT2D eigenvalue weighted by atomic mass is 32.2. The van der Waals surface area contributed by atoms with E-state index in [1.54, 1.807) is 11.8 Å². The number of carbonyl (C=O) groups is 1. The Hall–Kier alpha value is -0.960. The van der Waals surface area contributed by atoms with Gasteiger partial charge in [-0.2, -0.15) is 0 Å². The normalized spacial score (nSPS) is 28.2. The number of carboxylic acids is 1. The highest BCUT2D eigenvalue weighted by Gasteiger charge is 2.48. The van der Waals surface area contributed by atoms with Crippen LogP contribution in [-0.2, 0) is 4.79 Å². The van der Waals surface area contributed by atoms with Crippen LogP contribution in [-0.4, -0.2) is 15.8 Å². The molecule has 17 heavy (non-hydrogen) atoms. The second-order valence-corrected chi connectivity index (χ2v) is 6.23. The maximum absolute atomic E-state index is 11.6. The molecule has 1 aliphatic rings. The molecule has 2 nitrogen and oxygen atoms in total. The van der Waals surface area contributed by atoms with E-state index in [1.165, 1.54) is 0 Å². The van der Waals surface area contributed by atoms with Crippen molar-refractivity contribution in [2.75, 3.05) is 0 Å². The third-order valence-electron chi connectivity index (χ3n) is 3.73. The van der Waals surface area contributed by atoms with Gasteiger partial charge in [-0.15, -0.1) is 11.8 Å². The Morgan fingerprint density at radius 1 is 1.47 bits per heavy atom. The predicted molar refractivity (Wildman–Crippen MR) is 70.4 cm³/mol. The van der Waals surface area contributed by atoms with Gasteiger partial charge >= 0.3 is 5.97 Å². The number of aryl methyl sites for hydroxylation is 1. The van der Waals surface area contributed by atoms with Crippen LogP contribution in [0, 0.1) is 12.8 Å². The average Bonchev–Trinajstić information content (AvgIpc) is 2.65. The quantitative estimate of drug-likeness (QED) is 0.888. The van der Waals surface area contributed by atoms with Crippen molar-refractivity contribution in [3.05, 3.63) is 29.8 Å². The molecule has 1 aromatic carbocycles. The Morgan fingerprint density at radius 3 is 2.71 bits per heavy atom. The van der Waals surface area contributed by atoms with Crippen molar-refractivity contribution in [2.45, 2.75) is 42.8 Å². The fraction of sp³-hybridized carbons (Fsp3) is 0.500. The van der Waals surface area contributed by atoms with E-state index in [-0.39, 0.29) is 5.92 Å². The van der Waals surface area contributed by atoms with E-state index < -0.39 is 10.7 Å². The predicted octanol–water partition coefficient (Wildman–Crippen LogP) is 3.73. The minimum atomic E-state index is -0.657. The van der Waals surface area contributed by atoms with Gasteiger partial charge in [0.15, 0.2) is 0 Å². The molecule has 2 rings (SSSR count). The van der Waals surface area contributed by atoms with Crippen LogP contribution in [0.2, 0.25) is 0 Å². The Labute approximate surface area is 106 Å². The van der Waals surface area contributed by atoms with Gasteiger partial charge < -0.3 is 5.11 Å². The zero-order chi connectivity index (χ0) is 12.5. The molecular formula is C14H18O2S. The summed E-state index contributed by atoms with van der Waals surface area (Å²) in [7, 11) is 0. The van der Waals surface area contributed by atoms with Crippen molar-refractivity contribution >= 4 is 17.7 Å². The number of aliphatic carboxylic acids is 1. The fourth-order valence-electron chi connectivity index (χ4n) is 2.53. The molecule has 0 saturated heterocycles. The van der Waals surface area contributed by atoms with Gasteiger partial charge in [-0.1, -0.05) is 31.5 Å². The summed E-state index contributed by atoms with van der Waals surface area (Å²) in [6.45, 7) is 4.10. The molecule has 0 bridgehead atoms. The Balaban J connectivity index is 2.31. The largest absolute Gasteiger partial charge is 0.480 e. The molecule has 0 aromatic heterocycles. The topological polar surface area (TPSA) is 37.3 Å². The number of carboxylic acid groups (broad SMARTS) is 1. The van der Waals surface area contributed by atoms with Gasteiger partial charge in [0.2, 0.25) is 0 Å². The first-order valence-corrected chi connectivity index (χ1v) is 6.86. The Kier molecular flexibility index (Phi) is 3.48. The zero-order valence-corrected chi connectivity index (χ0v) is 11.1. The lowest BCUT2D eigenvalue weighted by Crippen LogP contribution is -2.37. The summed E-state index contributed by atoms with van der Waals surface area (Å²) in [5, 5.41) is 9.57. The molecule has 1 aromatic rings. The van der Waals surface area contributed by atoms with Crippen molar-refractivity contribution in [1.82, 2.24) is 0 Å². The van der Waals surface area contributed by atoms with E-state index >= 15 is 0 Å². The van der Waals surface area contributed by atoms with E-state index in [9.17, 15) is 9.90 Å². The van der Waals surface area contributed by atoms with E-state index in [4.69, 9.17) is 0 Å². The molecule has 1 aliphatic carbocycles. The first-order chi connectivity index (χ1) is 8.06. The minimum absolute atomic E-state index is 0.240. The maximum atomic E-state index is 11.6. The van der Waals surface area contributed by atoms with Crippen LogP contribution >= 0.6 is 11.8 Å².